The summed E-state index contributed by atoms with van der Waals surface area (Å²) in [6.07, 6.45) is 1.97. The molecule has 36 heavy (non-hydrogen) atoms. The van der Waals surface area contributed by atoms with E-state index in [2.05, 4.69) is 10.6 Å². The van der Waals surface area contributed by atoms with E-state index in [4.69, 9.17) is 16.7 Å². The minimum atomic E-state index is -1.11. The van der Waals surface area contributed by atoms with Gasteiger partial charge in [-0.25, -0.2) is 4.79 Å². The Kier molecular flexibility index (Phi) is 6.12. The first kappa shape index (κ1) is 24.1. The molecule has 2 aromatic carbocycles. The van der Waals surface area contributed by atoms with Crippen LogP contribution in [0.4, 0.5) is 16.2 Å². The maximum Gasteiger partial charge on any atom is 0.411 e. The van der Waals surface area contributed by atoms with Gasteiger partial charge in [-0.1, -0.05) is 24.4 Å². The molecule has 1 aliphatic carbocycles. The quantitative estimate of drug-likeness (QED) is 0.549. The van der Waals surface area contributed by atoms with Crippen LogP contribution < -0.4 is 15.5 Å². The van der Waals surface area contributed by atoms with Crippen LogP contribution in [-0.4, -0.2) is 60.0 Å². The zero-order chi connectivity index (χ0) is 25.6. The van der Waals surface area contributed by atoms with Gasteiger partial charge in [0.25, 0.3) is 5.91 Å². The topological polar surface area (TPSA) is 119 Å². The number of carbonyl (C=O) groups is 4. The third kappa shape index (κ3) is 4.39. The lowest BCUT2D eigenvalue weighted by Gasteiger charge is -2.26. The fourth-order valence-electron chi connectivity index (χ4n) is 5.11. The van der Waals surface area contributed by atoms with Gasteiger partial charge in [-0.3, -0.25) is 19.3 Å². The van der Waals surface area contributed by atoms with Gasteiger partial charge in [0.2, 0.25) is 11.8 Å². The highest BCUT2D eigenvalue weighted by atomic mass is 35.5. The minimum absolute atomic E-state index is 0.135. The first-order chi connectivity index (χ1) is 17.2. The fraction of sp³-hybridized carbons (Fsp3) is 0.385. The van der Waals surface area contributed by atoms with Crippen molar-refractivity contribution in [2.75, 3.05) is 30.4 Å². The van der Waals surface area contributed by atoms with Crippen molar-refractivity contribution < 1.29 is 24.3 Å². The zero-order valence-electron chi connectivity index (χ0n) is 19.8. The number of hydrogen-bond donors (Lipinski definition) is 3. The van der Waals surface area contributed by atoms with Crippen LogP contribution in [0.25, 0.3) is 0 Å². The van der Waals surface area contributed by atoms with Gasteiger partial charge >= 0.3 is 6.09 Å². The SMILES string of the molecule is CN(C(=O)O)c1ccc(C(=O)N[C@@H](CC2CC2)C(=O)N2CCC3(C2)C(=O)Nc2ccc(Cl)cc23)cc1. The van der Waals surface area contributed by atoms with Crippen molar-refractivity contribution >= 4 is 46.8 Å². The fourth-order valence-corrected chi connectivity index (χ4v) is 5.28. The van der Waals surface area contributed by atoms with E-state index in [0.29, 0.717) is 41.6 Å². The molecular formula is C26H27ClN4O5. The molecule has 4 amide bonds. The number of anilines is 2. The molecule has 2 heterocycles. The van der Waals surface area contributed by atoms with Crippen LogP contribution in [0, 0.1) is 5.92 Å². The van der Waals surface area contributed by atoms with Crippen LogP contribution in [0.1, 0.15) is 41.6 Å². The molecule has 3 aliphatic rings. The number of benzene rings is 2. The number of amides is 4. The number of halogens is 1. The maximum absolute atomic E-state index is 13.6. The van der Waals surface area contributed by atoms with Gasteiger partial charge in [-0.2, -0.15) is 0 Å². The van der Waals surface area contributed by atoms with Gasteiger partial charge < -0.3 is 20.6 Å². The van der Waals surface area contributed by atoms with E-state index in [-0.39, 0.29) is 18.4 Å². The molecule has 2 aliphatic heterocycles. The molecule has 188 valence electrons. The van der Waals surface area contributed by atoms with Crippen LogP contribution in [0.15, 0.2) is 42.5 Å². The second-order valence-corrected chi connectivity index (χ2v) is 10.3. The summed E-state index contributed by atoms with van der Waals surface area (Å²) in [6.45, 7) is 0.643. The highest BCUT2D eigenvalue weighted by Crippen LogP contribution is 2.45. The number of carboxylic acid groups (broad SMARTS) is 1. The molecule has 1 unspecified atom stereocenters. The predicted octanol–water partition coefficient (Wildman–Crippen LogP) is 3.48. The summed E-state index contributed by atoms with van der Waals surface area (Å²) in [7, 11) is 1.42. The maximum atomic E-state index is 13.6. The summed E-state index contributed by atoms with van der Waals surface area (Å²) in [6, 6.07) is 10.8. The van der Waals surface area contributed by atoms with E-state index in [9.17, 15) is 19.2 Å². The summed E-state index contributed by atoms with van der Waals surface area (Å²) in [5, 5.41) is 15.5. The minimum Gasteiger partial charge on any atom is -0.465 e. The number of likely N-dealkylation sites (tertiary alicyclic amines) is 1. The Balaban J connectivity index is 1.31. The normalized spacial score (nSPS) is 21.2. The average Bonchev–Trinajstić information content (AvgIpc) is 3.50. The van der Waals surface area contributed by atoms with Crippen LogP contribution >= 0.6 is 11.6 Å². The Morgan fingerprint density at radius 1 is 1.22 bits per heavy atom. The van der Waals surface area contributed by atoms with Crippen molar-refractivity contribution in [3.63, 3.8) is 0 Å². The predicted molar refractivity (Wildman–Crippen MR) is 134 cm³/mol. The Bertz CT molecular complexity index is 1250. The molecule has 10 heteroatoms. The van der Waals surface area contributed by atoms with E-state index in [1.54, 1.807) is 35.2 Å². The van der Waals surface area contributed by atoms with Gasteiger partial charge in [0, 0.05) is 42.1 Å². The van der Waals surface area contributed by atoms with Gasteiger partial charge in [-0.05, 0) is 66.8 Å². The van der Waals surface area contributed by atoms with Crippen LogP contribution in [0.3, 0.4) is 0 Å². The first-order valence-electron chi connectivity index (χ1n) is 12.0. The van der Waals surface area contributed by atoms with Gasteiger partial charge in [0.05, 0.1) is 5.41 Å². The molecule has 5 rings (SSSR count). The van der Waals surface area contributed by atoms with Gasteiger partial charge in [0.15, 0.2) is 0 Å². The molecule has 0 aromatic heterocycles. The van der Waals surface area contributed by atoms with Crippen molar-refractivity contribution in [3.05, 3.63) is 58.6 Å². The highest BCUT2D eigenvalue weighted by Gasteiger charge is 2.53. The van der Waals surface area contributed by atoms with Crippen molar-refractivity contribution in [1.29, 1.82) is 0 Å². The Labute approximate surface area is 213 Å². The monoisotopic (exact) mass is 510 g/mol. The summed E-state index contributed by atoms with van der Waals surface area (Å²) < 4.78 is 0. The molecule has 1 saturated heterocycles. The lowest BCUT2D eigenvalue weighted by Crippen LogP contribution is -2.49. The number of fused-ring (bicyclic) bond motifs is 2. The third-order valence-electron chi connectivity index (χ3n) is 7.43. The van der Waals surface area contributed by atoms with Gasteiger partial charge in [-0.15, -0.1) is 0 Å². The lowest BCUT2D eigenvalue weighted by atomic mass is 9.81. The smallest absolute Gasteiger partial charge is 0.411 e. The van der Waals surface area contributed by atoms with E-state index in [0.717, 1.165) is 29.0 Å². The summed E-state index contributed by atoms with van der Waals surface area (Å²) >= 11 is 6.21. The molecule has 0 radical (unpaired) electrons. The van der Waals surface area contributed by atoms with Crippen LogP contribution in [-0.2, 0) is 15.0 Å². The molecule has 0 bridgehead atoms. The van der Waals surface area contributed by atoms with Gasteiger partial charge in [0.1, 0.15) is 6.04 Å². The molecule has 2 fully saturated rings. The summed E-state index contributed by atoms with van der Waals surface area (Å²) in [4.78, 5) is 53.4. The van der Waals surface area contributed by atoms with Crippen molar-refractivity contribution in [3.8, 4) is 0 Å². The highest BCUT2D eigenvalue weighted by molar-refractivity contribution is 6.31. The molecular weight excluding hydrogens is 484 g/mol. The Morgan fingerprint density at radius 2 is 1.94 bits per heavy atom. The lowest BCUT2D eigenvalue weighted by molar-refractivity contribution is -0.133. The van der Waals surface area contributed by atoms with E-state index in [1.165, 1.54) is 19.2 Å². The molecule has 1 saturated carbocycles. The number of nitrogens with one attached hydrogen (secondary N) is 2. The molecule has 2 aromatic rings. The number of nitrogens with zero attached hydrogens (tertiary/aromatic N) is 2. The van der Waals surface area contributed by atoms with Crippen LogP contribution in [0.2, 0.25) is 5.02 Å². The molecule has 1 spiro atoms. The third-order valence-corrected chi connectivity index (χ3v) is 7.67. The van der Waals surface area contributed by atoms with Crippen molar-refractivity contribution in [2.24, 2.45) is 5.92 Å². The Morgan fingerprint density at radius 3 is 2.61 bits per heavy atom. The number of carbonyl (C=O) groups excluding carboxylic acids is 3. The van der Waals surface area contributed by atoms with E-state index in [1.807, 2.05) is 0 Å². The Hall–Kier alpha value is -3.59. The second-order valence-electron chi connectivity index (χ2n) is 9.83. The van der Waals surface area contributed by atoms with Crippen LogP contribution in [0.5, 0.6) is 0 Å². The standard InChI is InChI=1S/C26H27ClN4O5/c1-30(25(35)36)18-7-4-16(5-8-18)22(32)28-21(12-15-2-3-15)23(33)31-11-10-26(14-31)19-13-17(27)6-9-20(19)29-24(26)34/h4-9,13,15,21H,2-3,10-12,14H2,1H3,(H,28,32)(H,29,34)(H,35,36)/t21-,26?/m0/s1. The largest absolute Gasteiger partial charge is 0.465 e. The van der Waals surface area contributed by atoms with E-state index >= 15 is 0 Å². The van der Waals surface area contributed by atoms with Crippen molar-refractivity contribution in [1.82, 2.24) is 10.2 Å². The first-order valence-corrected chi connectivity index (χ1v) is 12.3. The molecule has 9 nitrogen and oxygen atoms in total. The summed E-state index contributed by atoms with van der Waals surface area (Å²) in [5.41, 5.74) is 1.46. The number of hydrogen-bond acceptors (Lipinski definition) is 4. The average molecular weight is 511 g/mol. The van der Waals surface area contributed by atoms with Crippen molar-refractivity contribution in [2.45, 2.75) is 37.1 Å². The molecule has 2 atom stereocenters. The number of rotatable bonds is 6. The zero-order valence-corrected chi connectivity index (χ0v) is 20.5. The molecule has 3 N–H and O–H groups in total. The van der Waals surface area contributed by atoms with E-state index < -0.39 is 23.5 Å². The summed E-state index contributed by atoms with van der Waals surface area (Å²) in [5.74, 6) is -0.346. The second kappa shape index (κ2) is 9.13.